The minimum atomic E-state index is -4.40. The van der Waals surface area contributed by atoms with E-state index in [9.17, 15) is 23.4 Å². The first-order chi connectivity index (χ1) is 9.37. The Balaban J connectivity index is 2.25. The Morgan fingerprint density at radius 2 is 1.90 bits per heavy atom. The molecule has 0 bridgehead atoms. The fourth-order valence-corrected chi connectivity index (χ4v) is 2.09. The average Bonchev–Trinajstić information content (AvgIpc) is 2.38. The van der Waals surface area contributed by atoms with Crippen LogP contribution >= 0.6 is 0 Å². The highest BCUT2D eigenvalue weighted by molar-refractivity contribution is 5.37. The standard InChI is InChI=1S/C12H15F3N2O3/c13-12(14,15)8-17-2-1-10(18)11(19)9(17)7-16-3-5-20-6-4-16/h1-2,19H,3-8H2/p+1. The van der Waals surface area contributed by atoms with E-state index >= 15 is 0 Å². The van der Waals surface area contributed by atoms with E-state index in [1.54, 1.807) is 0 Å². The number of alkyl halides is 3. The molecule has 20 heavy (non-hydrogen) atoms. The summed E-state index contributed by atoms with van der Waals surface area (Å²) in [5.41, 5.74) is 0.0456. The molecule has 1 aromatic rings. The van der Waals surface area contributed by atoms with Crippen LogP contribution in [-0.2, 0) is 17.8 Å². The molecule has 0 aliphatic carbocycles. The van der Waals surface area contributed by atoms with Gasteiger partial charge >= 0.3 is 6.18 Å². The highest BCUT2D eigenvalue weighted by Gasteiger charge is 2.36. The summed E-state index contributed by atoms with van der Waals surface area (Å²) in [6.07, 6.45) is -3.27. The fraction of sp³-hybridized carbons (Fsp3) is 0.583. The van der Waals surface area contributed by atoms with Crippen molar-refractivity contribution < 1.29 is 32.7 Å². The molecule has 8 heteroatoms. The molecule has 0 amide bonds. The average molecular weight is 293 g/mol. The third-order valence-electron chi connectivity index (χ3n) is 3.10. The molecule has 0 radical (unpaired) electrons. The SMILES string of the molecule is Oc1cc[n+](CC(F)(F)F)c(CN2CCOCC2)c1O. The molecule has 0 saturated carbocycles. The van der Waals surface area contributed by atoms with E-state index in [1.165, 1.54) is 0 Å². The Labute approximate surface area is 113 Å². The third-order valence-corrected chi connectivity index (χ3v) is 3.10. The van der Waals surface area contributed by atoms with E-state index in [0.717, 1.165) is 16.8 Å². The van der Waals surface area contributed by atoms with Gasteiger partial charge in [0.1, 0.15) is 0 Å². The van der Waals surface area contributed by atoms with Crippen molar-refractivity contribution in [3.05, 3.63) is 18.0 Å². The van der Waals surface area contributed by atoms with Crippen LogP contribution in [0.4, 0.5) is 13.2 Å². The first kappa shape index (κ1) is 14.9. The van der Waals surface area contributed by atoms with Crippen molar-refractivity contribution in [2.24, 2.45) is 0 Å². The minimum absolute atomic E-state index is 0.0456. The quantitative estimate of drug-likeness (QED) is 0.809. The van der Waals surface area contributed by atoms with Crippen LogP contribution in [0.5, 0.6) is 11.5 Å². The molecule has 2 N–H and O–H groups in total. The highest BCUT2D eigenvalue weighted by Crippen LogP contribution is 2.27. The molecule has 0 spiro atoms. The van der Waals surface area contributed by atoms with Crippen LogP contribution in [0.3, 0.4) is 0 Å². The molecule has 2 heterocycles. The van der Waals surface area contributed by atoms with Crippen molar-refractivity contribution in [3.8, 4) is 11.5 Å². The second kappa shape index (κ2) is 5.84. The molecule has 1 aliphatic rings. The number of rotatable bonds is 3. The van der Waals surface area contributed by atoms with Gasteiger partial charge in [0.15, 0.2) is 11.9 Å². The van der Waals surface area contributed by atoms with Gasteiger partial charge in [-0.05, 0) is 0 Å². The van der Waals surface area contributed by atoms with Crippen LogP contribution < -0.4 is 4.57 Å². The van der Waals surface area contributed by atoms with Crippen LogP contribution in [-0.4, -0.2) is 47.6 Å². The summed E-state index contributed by atoms with van der Waals surface area (Å²) in [7, 11) is 0. The van der Waals surface area contributed by atoms with Crippen molar-refractivity contribution in [2.75, 3.05) is 26.3 Å². The smallest absolute Gasteiger partial charge is 0.448 e. The van der Waals surface area contributed by atoms with Crippen molar-refractivity contribution in [3.63, 3.8) is 0 Å². The molecule has 1 saturated heterocycles. The van der Waals surface area contributed by atoms with E-state index in [2.05, 4.69) is 0 Å². The van der Waals surface area contributed by atoms with Crippen LogP contribution in [0, 0.1) is 0 Å². The van der Waals surface area contributed by atoms with Gasteiger partial charge in [-0.25, -0.2) is 0 Å². The second-order valence-electron chi connectivity index (χ2n) is 4.63. The molecule has 112 valence electrons. The number of hydrogen-bond donors (Lipinski definition) is 2. The largest absolute Gasteiger partial charge is 0.504 e. The van der Waals surface area contributed by atoms with Crippen molar-refractivity contribution >= 4 is 0 Å². The van der Waals surface area contributed by atoms with Gasteiger partial charge in [-0.3, -0.25) is 4.90 Å². The molecule has 2 rings (SSSR count). The summed E-state index contributed by atoms with van der Waals surface area (Å²) < 4.78 is 43.7. The van der Waals surface area contributed by atoms with Gasteiger partial charge in [0.2, 0.25) is 18.0 Å². The van der Waals surface area contributed by atoms with Gasteiger partial charge in [-0.15, -0.1) is 0 Å². The Bertz CT molecular complexity index is 474. The van der Waals surface area contributed by atoms with Crippen LogP contribution in [0.2, 0.25) is 0 Å². The number of halogens is 3. The molecule has 0 unspecified atom stereocenters. The van der Waals surface area contributed by atoms with Crippen LogP contribution in [0.15, 0.2) is 12.3 Å². The van der Waals surface area contributed by atoms with Gasteiger partial charge in [-0.2, -0.15) is 17.7 Å². The molecule has 1 fully saturated rings. The van der Waals surface area contributed by atoms with Crippen molar-refractivity contribution in [2.45, 2.75) is 19.3 Å². The Kier molecular flexibility index (Phi) is 4.34. The number of nitrogens with zero attached hydrogens (tertiary/aromatic N) is 2. The second-order valence-corrected chi connectivity index (χ2v) is 4.63. The summed E-state index contributed by atoms with van der Waals surface area (Å²) in [5, 5.41) is 19.3. The fourth-order valence-electron chi connectivity index (χ4n) is 2.09. The number of aromatic nitrogens is 1. The molecule has 1 aromatic heterocycles. The van der Waals surface area contributed by atoms with Crippen molar-refractivity contribution in [1.82, 2.24) is 4.90 Å². The van der Waals surface area contributed by atoms with Gasteiger partial charge < -0.3 is 14.9 Å². The number of pyridine rings is 1. The Hall–Kier alpha value is -1.54. The summed E-state index contributed by atoms with van der Waals surface area (Å²) in [6, 6.07) is 1.05. The summed E-state index contributed by atoms with van der Waals surface area (Å²) in [6.45, 7) is 1.06. The van der Waals surface area contributed by atoms with E-state index < -0.39 is 24.2 Å². The molecular weight excluding hydrogens is 277 g/mol. The van der Waals surface area contributed by atoms with Crippen LogP contribution in [0.1, 0.15) is 5.69 Å². The van der Waals surface area contributed by atoms with Gasteiger partial charge in [0.05, 0.1) is 19.8 Å². The third kappa shape index (κ3) is 3.73. The van der Waals surface area contributed by atoms with Gasteiger partial charge in [-0.1, -0.05) is 0 Å². The lowest BCUT2D eigenvalue weighted by molar-refractivity contribution is -0.727. The number of hydrogen-bond acceptors (Lipinski definition) is 4. The van der Waals surface area contributed by atoms with E-state index in [1.807, 2.05) is 4.90 Å². The molecular formula is C12H16F3N2O3+. The van der Waals surface area contributed by atoms with Gasteiger partial charge in [0, 0.05) is 19.2 Å². The van der Waals surface area contributed by atoms with E-state index in [0.29, 0.717) is 26.3 Å². The lowest BCUT2D eigenvalue weighted by atomic mass is 10.2. The first-order valence-corrected chi connectivity index (χ1v) is 6.17. The summed E-state index contributed by atoms with van der Waals surface area (Å²) in [5.74, 6) is -0.935. The topological polar surface area (TPSA) is 56.8 Å². The van der Waals surface area contributed by atoms with Crippen molar-refractivity contribution in [1.29, 1.82) is 0 Å². The maximum absolute atomic E-state index is 12.5. The Morgan fingerprint density at radius 1 is 1.25 bits per heavy atom. The number of morpholine rings is 1. The maximum Gasteiger partial charge on any atom is 0.448 e. The van der Waals surface area contributed by atoms with Gasteiger partial charge in [0.25, 0.3) is 0 Å². The zero-order chi connectivity index (χ0) is 14.8. The molecule has 5 nitrogen and oxygen atoms in total. The zero-order valence-corrected chi connectivity index (χ0v) is 10.7. The number of aromatic hydroxyl groups is 2. The van der Waals surface area contributed by atoms with E-state index in [-0.39, 0.29) is 12.2 Å². The maximum atomic E-state index is 12.5. The normalized spacial score (nSPS) is 17.4. The van der Waals surface area contributed by atoms with Crippen LogP contribution in [0.25, 0.3) is 0 Å². The molecule has 0 aromatic carbocycles. The predicted octanol–water partition coefficient (Wildman–Crippen LogP) is 0.780. The first-order valence-electron chi connectivity index (χ1n) is 6.17. The highest BCUT2D eigenvalue weighted by atomic mass is 19.4. The molecule has 0 atom stereocenters. The lowest BCUT2D eigenvalue weighted by Crippen LogP contribution is -2.47. The summed E-state index contributed by atoms with van der Waals surface area (Å²) >= 11 is 0. The monoisotopic (exact) mass is 293 g/mol. The Morgan fingerprint density at radius 3 is 2.50 bits per heavy atom. The van der Waals surface area contributed by atoms with E-state index in [4.69, 9.17) is 4.74 Å². The number of ether oxygens (including phenoxy) is 1. The predicted molar refractivity (Wildman–Crippen MR) is 62.1 cm³/mol. The minimum Gasteiger partial charge on any atom is -0.504 e. The zero-order valence-electron chi connectivity index (χ0n) is 10.7. The summed E-state index contributed by atoms with van der Waals surface area (Å²) in [4.78, 5) is 1.87. The lowest BCUT2D eigenvalue weighted by Gasteiger charge is -2.25. The molecule has 1 aliphatic heterocycles.